The van der Waals surface area contributed by atoms with Crippen LogP contribution in [0, 0.1) is 11.3 Å². The number of carbonyl (C=O) groups excluding carboxylic acids is 1. The van der Waals surface area contributed by atoms with Crippen LogP contribution in [0.4, 0.5) is 6.01 Å². The molecule has 1 N–H and O–H groups in total. The normalized spacial score (nSPS) is 23.0. The van der Waals surface area contributed by atoms with E-state index in [1.807, 2.05) is 30.0 Å². The number of nitrogens with zero attached hydrogens (tertiary/aromatic N) is 2. The fourth-order valence-corrected chi connectivity index (χ4v) is 5.82. The molecule has 3 heterocycles. The van der Waals surface area contributed by atoms with Gasteiger partial charge in [-0.05, 0) is 55.4 Å². The number of rotatable bonds is 3. The third-order valence-electron chi connectivity index (χ3n) is 5.96. The van der Waals surface area contributed by atoms with Crippen molar-refractivity contribution < 1.29 is 9.21 Å². The van der Waals surface area contributed by atoms with E-state index in [9.17, 15) is 4.79 Å². The Morgan fingerprint density at radius 3 is 2.85 bits per heavy atom. The first-order chi connectivity index (χ1) is 12.6. The van der Waals surface area contributed by atoms with Gasteiger partial charge in [0, 0.05) is 35.5 Å². The number of nitrogens with one attached hydrogen (secondary N) is 1. The van der Waals surface area contributed by atoms with Gasteiger partial charge in [0.2, 0.25) is 5.91 Å². The van der Waals surface area contributed by atoms with E-state index in [2.05, 4.69) is 15.2 Å². The van der Waals surface area contributed by atoms with Gasteiger partial charge in [-0.25, -0.2) is 0 Å². The Balaban J connectivity index is 1.14. The molecule has 0 unspecified atom stereocenters. The highest BCUT2D eigenvalue weighted by molar-refractivity contribution is 7.99. The van der Waals surface area contributed by atoms with Crippen LogP contribution in [0.3, 0.4) is 0 Å². The third kappa shape index (κ3) is 2.97. The SMILES string of the molecule is O=C(NC1CC2(C1)CN(c1nc3cc(Cl)ccc3o1)C2)C1CCSCC1. The Hall–Kier alpha value is -1.40. The van der Waals surface area contributed by atoms with Gasteiger partial charge in [-0.15, -0.1) is 0 Å². The van der Waals surface area contributed by atoms with Gasteiger partial charge in [-0.1, -0.05) is 11.6 Å². The summed E-state index contributed by atoms with van der Waals surface area (Å²) in [5.74, 6) is 2.75. The number of hydrogen-bond donors (Lipinski definition) is 1. The molecule has 0 radical (unpaired) electrons. The summed E-state index contributed by atoms with van der Waals surface area (Å²) in [6.45, 7) is 1.92. The number of oxazole rings is 1. The van der Waals surface area contributed by atoms with Crippen LogP contribution in [0.1, 0.15) is 25.7 Å². The topological polar surface area (TPSA) is 58.4 Å². The van der Waals surface area contributed by atoms with Gasteiger partial charge in [0.05, 0.1) is 0 Å². The number of thioether (sulfide) groups is 1. The van der Waals surface area contributed by atoms with Crippen LogP contribution in [0.15, 0.2) is 22.6 Å². The van der Waals surface area contributed by atoms with Crippen molar-refractivity contribution in [1.29, 1.82) is 0 Å². The minimum atomic E-state index is 0.234. The summed E-state index contributed by atoms with van der Waals surface area (Å²) in [5.41, 5.74) is 1.91. The van der Waals surface area contributed by atoms with Gasteiger partial charge >= 0.3 is 0 Å². The quantitative estimate of drug-likeness (QED) is 0.864. The van der Waals surface area contributed by atoms with Gasteiger partial charge in [0.25, 0.3) is 6.01 Å². The number of anilines is 1. The van der Waals surface area contributed by atoms with E-state index in [-0.39, 0.29) is 11.8 Å². The summed E-state index contributed by atoms with van der Waals surface area (Å²) in [5, 5.41) is 3.94. The molecule has 1 aromatic carbocycles. The van der Waals surface area contributed by atoms with E-state index in [4.69, 9.17) is 16.0 Å². The average molecular weight is 392 g/mol. The van der Waals surface area contributed by atoms with Gasteiger partial charge in [0.15, 0.2) is 5.58 Å². The number of fused-ring (bicyclic) bond motifs is 1. The summed E-state index contributed by atoms with van der Waals surface area (Å²) in [6.07, 6.45) is 4.21. The molecular weight excluding hydrogens is 370 g/mol. The average Bonchev–Trinajstić information content (AvgIpc) is 2.98. The lowest BCUT2D eigenvalue weighted by Crippen LogP contribution is -2.67. The largest absolute Gasteiger partial charge is 0.423 e. The first kappa shape index (κ1) is 16.8. The molecule has 1 spiro atoms. The van der Waals surface area contributed by atoms with Crippen LogP contribution in [-0.4, -0.2) is 41.5 Å². The zero-order chi connectivity index (χ0) is 17.7. The first-order valence-electron chi connectivity index (χ1n) is 9.29. The molecule has 5 rings (SSSR count). The maximum absolute atomic E-state index is 12.4. The van der Waals surface area contributed by atoms with Crippen molar-refractivity contribution in [3.8, 4) is 0 Å². The summed E-state index contributed by atoms with van der Waals surface area (Å²) >= 11 is 7.97. The Kier molecular flexibility index (Phi) is 4.09. The molecule has 2 aromatic rings. The van der Waals surface area contributed by atoms with Crippen LogP contribution in [0.25, 0.3) is 11.1 Å². The van der Waals surface area contributed by atoms with Crippen LogP contribution < -0.4 is 10.2 Å². The van der Waals surface area contributed by atoms with Gasteiger partial charge < -0.3 is 14.6 Å². The molecule has 1 aromatic heterocycles. The second-order valence-electron chi connectivity index (χ2n) is 7.96. The molecule has 2 aliphatic heterocycles. The molecule has 2 saturated heterocycles. The number of benzene rings is 1. The van der Waals surface area contributed by atoms with Crippen LogP contribution in [0.2, 0.25) is 5.02 Å². The number of aromatic nitrogens is 1. The van der Waals surface area contributed by atoms with E-state index >= 15 is 0 Å². The van der Waals surface area contributed by atoms with Crippen molar-refractivity contribution in [2.24, 2.45) is 11.3 Å². The van der Waals surface area contributed by atoms with Crippen molar-refractivity contribution in [3.63, 3.8) is 0 Å². The molecule has 1 aliphatic carbocycles. The lowest BCUT2D eigenvalue weighted by molar-refractivity contribution is -0.127. The lowest BCUT2D eigenvalue weighted by atomic mass is 9.60. The van der Waals surface area contributed by atoms with E-state index in [0.29, 0.717) is 22.5 Å². The molecule has 138 valence electrons. The van der Waals surface area contributed by atoms with E-state index in [0.717, 1.165) is 61.4 Å². The van der Waals surface area contributed by atoms with Gasteiger partial charge in [-0.3, -0.25) is 4.79 Å². The predicted molar refractivity (Wildman–Crippen MR) is 105 cm³/mol. The lowest BCUT2D eigenvalue weighted by Gasteiger charge is -2.58. The Morgan fingerprint density at radius 1 is 1.31 bits per heavy atom. The van der Waals surface area contributed by atoms with Crippen LogP contribution in [0.5, 0.6) is 0 Å². The molecular formula is C19H22ClN3O2S. The zero-order valence-corrected chi connectivity index (χ0v) is 16.1. The molecule has 0 bridgehead atoms. The first-order valence-corrected chi connectivity index (χ1v) is 10.8. The molecule has 3 fully saturated rings. The molecule has 5 nitrogen and oxygen atoms in total. The van der Waals surface area contributed by atoms with Crippen molar-refractivity contribution in [2.45, 2.75) is 31.7 Å². The standard InChI is InChI=1S/C19H22ClN3O2S/c20-13-1-2-16-15(7-13)22-18(25-16)23-10-19(11-23)8-14(9-19)21-17(24)12-3-5-26-6-4-12/h1-2,7,12,14H,3-6,8-11H2,(H,21,24). The highest BCUT2D eigenvalue weighted by Crippen LogP contribution is 2.49. The fourth-order valence-electron chi connectivity index (χ4n) is 4.55. The highest BCUT2D eigenvalue weighted by atomic mass is 35.5. The highest BCUT2D eigenvalue weighted by Gasteiger charge is 2.54. The minimum Gasteiger partial charge on any atom is -0.423 e. The summed E-state index contributed by atoms with van der Waals surface area (Å²) in [4.78, 5) is 19.1. The molecule has 0 atom stereocenters. The molecule has 3 aliphatic rings. The number of halogens is 1. The molecule has 26 heavy (non-hydrogen) atoms. The van der Waals surface area contributed by atoms with E-state index in [1.165, 1.54) is 0 Å². The zero-order valence-electron chi connectivity index (χ0n) is 14.5. The van der Waals surface area contributed by atoms with E-state index in [1.54, 1.807) is 0 Å². The number of amides is 1. The second kappa shape index (κ2) is 6.34. The summed E-state index contributed by atoms with van der Waals surface area (Å²) < 4.78 is 5.84. The summed E-state index contributed by atoms with van der Waals surface area (Å²) in [6, 6.07) is 6.54. The third-order valence-corrected chi connectivity index (χ3v) is 7.24. The second-order valence-corrected chi connectivity index (χ2v) is 9.63. The van der Waals surface area contributed by atoms with Crippen molar-refractivity contribution >= 4 is 46.4 Å². The van der Waals surface area contributed by atoms with Crippen molar-refractivity contribution in [2.75, 3.05) is 29.5 Å². The van der Waals surface area contributed by atoms with Gasteiger partial charge in [-0.2, -0.15) is 16.7 Å². The van der Waals surface area contributed by atoms with Crippen LogP contribution >= 0.6 is 23.4 Å². The Labute approximate surface area is 161 Å². The fraction of sp³-hybridized carbons (Fsp3) is 0.579. The van der Waals surface area contributed by atoms with Gasteiger partial charge in [0.1, 0.15) is 5.52 Å². The number of carbonyl (C=O) groups is 1. The molecule has 7 heteroatoms. The van der Waals surface area contributed by atoms with Crippen molar-refractivity contribution in [1.82, 2.24) is 10.3 Å². The number of hydrogen-bond acceptors (Lipinski definition) is 5. The van der Waals surface area contributed by atoms with Crippen molar-refractivity contribution in [3.05, 3.63) is 23.2 Å². The van der Waals surface area contributed by atoms with E-state index < -0.39 is 0 Å². The Morgan fingerprint density at radius 2 is 2.08 bits per heavy atom. The smallest absolute Gasteiger partial charge is 0.298 e. The summed E-state index contributed by atoms with van der Waals surface area (Å²) in [7, 11) is 0. The molecule has 1 amide bonds. The predicted octanol–water partition coefficient (Wildman–Crippen LogP) is 3.71. The monoisotopic (exact) mass is 391 g/mol. The maximum atomic E-state index is 12.4. The maximum Gasteiger partial charge on any atom is 0.298 e. The minimum absolute atomic E-state index is 0.234. The Bertz CT molecular complexity index is 834. The molecule has 1 saturated carbocycles. The van der Waals surface area contributed by atoms with Crippen LogP contribution in [-0.2, 0) is 4.79 Å².